The van der Waals surface area contributed by atoms with Crippen molar-refractivity contribution in [2.75, 3.05) is 25.1 Å². The number of benzene rings is 2. The maximum absolute atomic E-state index is 13.1. The lowest BCUT2D eigenvalue weighted by Crippen LogP contribution is -2.36. The second kappa shape index (κ2) is 9.15. The van der Waals surface area contributed by atoms with Gasteiger partial charge < -0.3 is 19.5 Å². The highest BCUT2D eigenvalue weighted by atomic mass is 35.5. The maximum Gasteiger partial charge on any atom is 0.317 e. The fraction of sp³-hybridized carbons (Fsp3) is 0.364. The SMILES string of the molecule is O=C(COC(=O)C1(c2ccc3c(c2)OCCO3)CCCC1)Nc1c(Cl)cc(Cl)cc1Cl. The van der Waals surface area contributed by atoms with E-state index in [-0.39, 0.29) is 15.7 Å². The molecule has 4 rings (SSSR count). The Bertz CT molecular complexity index is 997. The Morgan fingerprint density at radius 2 is 1.61 bits per heavy atom. The van der Waals surface area contributed by atoms with Crippen molar-refractivity contribution in [1.82, 2.24) is 0 Å². The molecule has 9 heteroatoms. The molecule has 1 N–H and O–H groups in total. The van der Waals surface area contributed by atoms with Gasteiger partial charge in [-0.25, -0.2) is 0 Å². The number of ether oxygens (including phenoxy) is 3. The van der Waals surface area contributed by atoms with Crippen LogP contribution in [-0.4, -0.2) is 31.7 Å². The van der Waals surface area contributed by atoms with Gasteiger partial charge in [0.2, 0.25) is 0 Å². The third-order valence-corrected chi connectivity index (χ3v) is 6.36. The summed E-state index contributed by atoms with van der Waals surface area (Å²) in [4.78, 5) is 25.5. The van der Waals surface area contributed by atoms with Gasteiger partial charge in [-0.05, 0) is 42.7 Å². The second-order valence-electron chi connectivity index (χ2n) is 7.52. The van der Waals surface area contributed by atoms with Gasteiger partial charge in [0.25, 0.3) is 5.91 Å². The van der Waals surface area contributed by atoms with Gasteiger partial charge in [0.15, 0.2) is 18.1 Å². The molecule has 1 saturated carbocycles. The van der Waals surface area contributed by atoms with Crippen LogP contribution >= 0.6 is 34.8 Å². The monoisotopic (exact) mass is 483 g/mol. The minimum atomic E-state index is -0.814. The Labute approximate surface area is 194 Å². The van der Waals surface area contributed by atoms with Crippen LogP contribution in [-0.2, 0) is 19.7 Å². The standard InChI is InChI=1S/C22H20Cl3NO5/c23-14-10-15(24)20(16(25)11-14)26-19(27)12-31-21(28)22(5-1-2-6-22)13-3-4-17-18(9-13)30-8-7-29-17/h3-4,9-11H,1-2,5-8,12H2,(H,26,27). The van der Waals surface area contributed by atoms with Crippen LogP contribution in [0.25, 0.3) is 0 Å². The minimum absolute atomic E-state index is 0.195. The summed E-state index contributed by atoms with van der Waals surface area (Å²) in [6, 6.07) is 8.45. The lowest BCUT2D eigenvalue weighted by Gasteiger charge is -2.28. The zero-order valence-electron chi connectivity index (χ0n) is 16.5. The van der Waals surface area contributed by atoms with Crippen molar-refractivity contribution in [3.8, 4) is 11.5 Å². The van der Waals surface area contributed by atoms with Crippen LogP contribution in [0.2, 0.25) is 15.1 Å². The average molecular weight is 485 g/mol. The van der Waals surface area contributed by atoms with Crippen molar-refractivity contribution in [2.45, 2.75) is 31.1 Å². The summed E-state index contributed by atoms with van der Waals surface area (Å²) in [7, 11) is 0. The summed E-state index contributed by atoms with van der Waals surface area (Å²) in [6.45, 7) is 0.501. The molecule has 31 heavy (non-hydrogen) atoms. The zero-order valence-corrected chi connectivity index (χ0v) is 18.8. The van der Waals surface area contributed by atoms with Gasteiger partial charge in [0.1, 0.15) is 13.2 Å². The smallest absolute Gasteiger partial charge is 0.317 e. The molecule has 1 aliphatic heterocycles. The number of anilines is 1. The van der Waals surface area contributed by atoms with Crippen LogP contribution in [0.3, 0.4) is 0 Å². The molecule has 6 nitrogen and oxygen atoms in total. The Morgan fingerprint density at radius 1 is 0.968 bits per heavy atom. The largest absolute Gasteiger partial charge is 0.486 e. The number of carbonyl (C=O) groups is 2. The molecule has 0 bridgehead atoms. The highest BCUT2D eigenvalue weighted by Gasteiger charge is 2.45. The fourth-order valence-corrected chi connectivity index (χ4v) is 4.95. The second-order valence-corrected chi connectivity index (χ2v) is 8.77. The molecule has 1 aliphatic carbocycles. The lowest BCUT2D eigenvalue weighted by molar-refractivity contribution is -0.153. The predicted molar refractivity (Wildman–Crippen MR) is 119 cm³/mol. The van der Waals surface area contributed by atoms with Gasteiger partial charge in [-0.15, -0.1) is 0 Å². The average Bonchev–Trinajstić information content (AvgIpc) is 3.25. The Hall–Kier alpha value is -2.15. The highest BCUT2D eigenvalue weighted by molar-refractivity contribution is 6.42. The molecule has 0 unspecified atom stereocenters. The predicted octanol–water partition coefficient (Wildman–Crippen LogP) is 5.41. The maximum atomic E-state index is 13.1. The van der Waals surface area contributed by atoms with Gasteiger partial charge in [0, 0.05) is 5.02 Å². The summed E-state index contributed by atoms with van der Waals surface area (Å²) >= 11 is 18.1. The molecule has 0 saturated heterocycles. The van der Waals surface area contributed by atoms with E-state index >= 15 is 0 Å². The molecule has 2 aromatic rings. The van der Waals surface area contributed by atoms with Gasteiger partial charge in [-0.2, -0.15) is 0 Å². The van der Waals surface area contributed by atoms with Crippen LogP contribution in [0.5, 0.6) is 11.5 Å². The van der Waals surface area contributed by atoms with Crippen molar-refractivity contribution < 1.29 is 23.8 Å². The van der Waals surface area contributed by atoms with Gasteiger partial charge in [-0.1, -0.05) is 53.7 Å². The van der Waals surface area contributed by atoms with Gasteiger partial charge in [0.05, 0.1) is 21.1 Å². The van der Waals surface area contributed by atoms with E-state index in [2.05, 4.69) is 5.32 Å². The number of hydrogen-bond donors (Lipinski definition) is 1. The number of nitrogens with one attached hydrogen (secondary N) is 1. The summed E-state index contributed by atoms with van der Waals surface area (Å²) in [5, 5.41) is 3.31. The van der Waals surface area contributed by atoms with Crippen molar-refractivity contribution in [1.29, 1.82) is 0 Å². The van der Waals surface area contributed by atoms with E-state index in [1.54, 1.807) is 0 Å². The third-order valence-electron chi connectivity index (χ3n) is 5.55. The Balaban J connectivity index is 1.47. The van der Waals surface area contributed by atoms with Gasteiger partial charge >= 0.3 is 5.97 Å². The van der Waals surface area contributed by atoms with Crippen molar-refractivity contribution in [2.24, 2.45) is 0 Å². The number of fused-ring (bicyclic) bond motifs is 1. The molecule has 0 aromatic heterocycles. The molecule has 2 aromatic carbocycles. The first-order valence-corrected chi connectivity index (χ1v) is 11.0. The molecular formula is C22H20Cl3NO5. The first kappa shape index (κ1) is 22.1. The number of rotatable bonds is 5. The van der Waals surface area contributed by atoms with E-state index in [0.717, 1.165) is 18.4 Å². The molecule has 1 heterocycles. The minimum Gasteiger partial charge on any atom is -0.486 e. The molecule has 0 radical (unpaired) electrons. The molecular weight excluding hydrogens is 465 g/mol. The van der Waals surface area contributed by atoms with Crippen molar-refractivity contribution in [3.63, 3.8) is 0 Å². The van der Waals surface area contributed by atoms with E-state index in [4.69, 9.17) is 49.0 Å². The van der Waals surface area contributed by atoms with Crippen LogP contribution in [0.15, 0.2) is 30.3 Å². The quantitative estimate of drug-likeness (QED) is 0.574. The number of carbonyl (C=O) groups excluding carboxylic acids is 2. The van der Waals surface area contributed by atoms with Crippen LogP contribution in [0.1, 0.15) is 31.2 Å². The zero-order chi connectivity index (χ0) is 22.0. The number of esters is 1. The summed E-state index contributed by atoms with van der Waals surface area (Å²) < 4.78 is 16.7. The molecule has 164 valence electrons. The number of halogens is 3. The molecule has 1 fully saturated rings. The Morgan fingerprint density at radius 3 is 2.29 bits per heavy atom. The summed E-state index contributed by atoms with van der Waals surface area (Å²) in [5.74, 6) is 0.292. The van der Waals surface area contributed by atoms with Crippen LogP contribution in [0, 0.1) is 0 Å². The number of hydrogen-bond acceptors (Lipinski definition) is 5. The van der Waals surface area contributed by atoms with E-state index in [1.807, 2.05) is 18.2 Å². The van der Waals surface area contributed by atoms with Gasteiger partial charge in [-0.3, -0.25) is 9.59 Å². The first-order valence-electron chi connectivity index (χ1n) is 9.91. The normalized spacial score (nSPS) is 16.6. The van der Waals surface area contributed by atoms with Crippen LogP contribution in [0.4, 0.5) is 5.69 Å². The van der Waals surface area contributed by atoms with Crippen molar-refractivity contribution in [3.05, 3.63) is 51.0 Å². The topological polar surface area (TPSA) is 73.9 Å². The third kappa shape index (κ3) is 4.56. The van der Waals surface area contributed by atoms with E-state index < -0.39 is 23.9 Å². The summed E-state index contributed by atoms with van der Waals surface area (Å²) in [6.07, 6.45) is 3.07. The van der Waals surface area contributed by atoms with E-state index in [0.29, 0.717) is 42.6 Å². The first-order chi connectivity index (χ1) is 14.9. The summed E-state index contributed by atoms with van der Waals surface area (Å²) in [5.41, 5.74) is 0.214. The van der Waals surface area contributed by atoms with E-state index in [1.165, 1.54) is 12.1 Å². The molecule has 0 spiro atoms. The Kier molecular flexibility index (Phi) is 6.51. The fourth-order valence-electron chi connectivity index (χ4n) is 4.04. The van der Waals surface area contributed by atoms with Crippen molar-refractivity contribution >= 4 is 52.4 Å². The molecule has 0 atom stereocenters. The molecule has 1 amide bonds. The highest BCUT2D eigenvalue weighted by Crippen LogP contribution is 2.45. The number of amides is 1. The lowest BCUT2D eigenvalue weighted by atomic mass is 9.78. The van der Waals surface area contributed by atoms with E-state index in [9.17, 15) is 9.59 Å². The van der Waals surface area contributed by atoms with Crippen LogP contribution < -0.4 is 14.8 Å². The molecule has 2 aliphatic rings.